The van der Waals surface area contributed by atoms with Crippen LogP contribution in [0.2, 0.25) is 0 Å². The van der Waals surface area contributed by atoms with Gasteiger partial charge in [-0.1, -0.05) is 12.5 Å². The number of hydrazone groups is 1. The van der Waals surface area contributed by atoms with Crippen LogP contribution in [-0.2, 0) is 6.54 Å². The number of piperidine rings is 1. The van der Waals surface area contributed by atoms with Crippen molar-refractivity contribution in [2.45, 2.75) is 38.8 Å². The number of hydrogen-bond acceptors (Lipinski definition) is 3. The minimum absolute atomic E-state index is 0.205. The Morgan fingerprint density at radius 2 is 2.33 bits per heavy atom. The van der Waals surface area contributed by atoms with Crippen molar-refractivity contribution in [3.8, 4) is 0 Å². The first-order valence-electron chi connectivity index (χ1n) is 6.46. The average Bonchev–Trinajstić information content (AvgIpc) is 2.36. The molecule has 0 aliphatic carbocycles. The second-order valence-electron chi connectivity index (χ2n) is 4.94. The van der Waals surface area contributed by atoms with Gasteiger partial charge in [-0.3, -0.25) is 4.90 Å². The lowest BCUT2D eigenvalue weighted by Gasteiger charge is -2.33. The molecule has 18 heavy (non-hydrogen) atoms. The van der Waals surface area contributed by atoms with Gasteiger partial charge in [-0.15, -0.1) is 0 Å². The quantitative estimate of drug-likeness (QED) is 0.508. The van der Waals surface area contributed by atoms with Crippen LogP contribution in [0.4, 0.5) is 4.39 Å². The van der Waals surface area contributed by atoms with E-state index in [9.17, 15) is 4.39 Å². The highest BCUT2D eigenvalue weighted by Gasteiger charge is 2.19. The third-order valence-corrected chi connectivity index (χ3v) is 3.63. The zero-order chi connectivity index (χ0) is 13.0. The van der Waals surface area contributed by atoms with E-state index in [-0.39, 0.29) is 5.82 Å². The standard InChI is InChI=1S/C14H20FN3/c1-11-4-2-3-7-18(11)10-13-8-14(15)6-5-12(13)9-17-16/h5-6,8-9,11H,2-4,7,10,16H2,1H3. The van der Waals surface area contributed by atoms with Crippen LogP contribution >= 0.6 is 0 Å². The molecule has 1 heterocycles. The fourth-order valence-electron chi connectivity index (χ4n) is 2.53. The topological polar surface area (TPSA) is 41.6 Å². The highest BCUT2D eigenvalue weighted by Crippen LogP contribution is 2.20. The highest BCUT2D eigenvalue weighted by atomic mass is 19.1. The maximum Gasteiger partial charge on any atom is 0.123 e. The van der Waals surface area contributed by atoms with Crippen LogP contribution in [0.3, 0.4) is 0 Å². The van der Waals surface area contributed by atoms with Crippen LogP contribution in [-0.4, -0.2) is 23.7 Å². The minimum atomic E-state index is -0.205. The Morgan fingerprint density at radius 1 is 1.50 bits per heavy atom. The lowest BCUT2D eigenvalue weighted by molar-refractivity contribution is 0.152. The van der Waals surface area contributed by atoms with Crippen LogP contribution in [0.25, 0.3) is 0 Å². The summed E-state index contributed by atoms with van der Waals surface area (Å²) >= 11 is 0. The molecule has 0 spiro atoms. The molecule has 1 aliphatic heterocycles. The maximum absolute atomic E-state index is 13.3. The van der Waals surface area contributed by atoms with Crippen LogP contribution in [0.1, 0.15) is 37.3 Å². The molecular weight excluding hydrogens is 229 g/mol. The summed E-state index contributed by atoms with van der Waals surface area (Å²) in [4.78, 5) is 2.39. The largest absolute Gasteiger partial charge is 0.323 e. The number of rotatable bonds is 3. The zero-order valence-corrected chi connectivity index (χ0v) is 10.8. The van der Waals surface area contributed by atoms with E-state index in [0.717, 1.165) is 24.2 Å². The number of hydrogen-bond donors (Lipinski definition) is 1. The predicted octanol–water partition coefficient (Wildman–Crippen LogP) is 2.49. The molecule has 0 saturated carbocycles. The van der Waals surface area contributed by atoms with Gasteiger partial charge < -0.3 is 5.84 Å². The molecule has 1 aliphatic rings. The lowest BCUT2D eigenvalue weighted by Crippen LogP contribution is -2.37. The number of halogens is 1. The van der Waals surface area contributed by atoms with Crippen molar-refractivity contribution in [2.75, 3.05) is 6.54 Å². The molecule has 98 valence electrons. The van der Waals surface area contributed by atoms with E-state index >= 15 is 0 Å². The van der Waals surface area contributed by atoms with Gasteiger partial charge in [-0.25, -0.2) is 4.39 Å². The second kappa shape index (κ2) is 5.96. The number of benzene rings is 1. The molecule has 2 N–H and O–H groups in total. The van der Waals surface area contributed by atoms with Gasteiger partial charge >= 0.3 is 0 Å². The molecule has 3 nitrogen and oxygen atoms in total. The van der Waals surface area contributed by atoms with Crippen molar-refractivity contribution in [1.82, 2.24) is 4.90 Å². The molecule has 0 aromatic heterocycles. The predicted molar refractivity (Wildman–Crippen MR) is 71.9 cm³/mol. The fraction of sp³-hybridized carbons (Fsp3) is 0.500. The summed E-state index contributed by atoms with van der Waals surface area (Å²) in [6.45, 7) is 4.08. The summed E-state index contributed by atoms with van der Waals surface area (Å²) in [5, 5.41) is 3.54. The van der Waals surface area contributed by atoms with E-state index in [1.807, 2.05) is 0 Å². The summed E-state index contributed by atoms with van der Waals surface area (Å²) in [6, 6.07) is 5.32. The van der Waals surface area contributed by atoms with Crippen LogP contribution in [0, 0.1) is 5.82 Å². The molecule has 4 heteroatoms. The number of nitrogens with zero attached hydrogens (tertiary/aromatic N) is 2. The first-order chi connectivity index (χ1) is 8.70. The molecule has 2 rings (SSSR count). The fourth-order valence-corrected chi connectivity index (χ4v) is 2.53. The molecule has 0 bridgehead atoms. The lowest BCUT2D eigenvalue weighted by atomic mass is 10.0. The zero-order valence-electron chi connectivity index (χ0n) is 10.8. The van der Waals surface area contributed by atoms with Gasteiger partial charge in [0.25, 0.3) is 0 Å². The molecule has 0 amide bonds. The van der Waals surface area contributed by atoms with Crippen molar-refractivity contribution in [2.24, 2.45) is 10.9 Å². The van der Waals surface area contributed by atoms with Gasteiger partial charge in [-0.05, 0) is 49.6 Å². The summed E-state index contributed by atoms with van der Waals surface area (Å²) < 4.78 is 13.3. The van der Waals surface area contributed by atoms with Crippen molar-refractivity contribution >= 4 is 6.21 Å². The molecule has 1 saturated heterocycles. The van der Waals surface area contributed by atoms with E-state index in [1.54, 1.807) is 18.3 Å². The SMILES string of the molecule is CC1CCCCN1Cc1cc(F)ccc1C=NN. The molecule has 1 unspecified atom stereocenters. The molecule has 1 aromatic rings. The van der Waals surface area contributed by atoms with E-state index in [4.69, 9.17) is 5.84 Å². The van der Waals surface area contributed by atoms with E-state index in [1.165, 1.54) is 25.3 Å². The minimum Gasteiger partial charge on any atom is -0.323 e. The Hall–Kier alpha value is -1.42. The van der Waals surface area contributed by atoms with Gasteiger partial charge in [0.15, 0.2) is 0 Å². The first kappa shape index (κ1) is 13.0. The van der Waals surface area contributed by atoms with Crippen molar-refractivity contribution < 1.29 is 4.39 Å². The Bertz CT molecular complexity index is 431. The smallest absolute Gasteiger partial charge is 0.123 e. The number of nitrogens with two attached hydrogens (primary N) is 1. The van der Waals surface area contributed by atoms with Crippen molar-refractivity contribution in [3.63, 3.8) is 0 Å². The van der Waals surface area contributed by atoms with Crippen LogP contribution in [0.5, 0.6) is 0 Å². The summed E-state index contributed by atoms with van der Waals surface area (Å²) in [5.41, 5.74) is 1.86. The van der Waals surface area contributed by atoms with E-state index in [2.05, 4.69) is 16.9 Å². The van der Waals surface area contributed by atoms with Gasteiger partial charge in [0.05, 0.1) is 6.21 Å². The first-order valence-corrected chi connectivity index (χ1v) is 6.46. The Morgan fingerprint density at radius 3 is 3.06 bits per heavy atom. The van der Waals surface area contributed by atoms with Gasteiger partial charge in [0, 0.05) is 12.6 Å². The Kier molecular flexibility index (Phi) is 4.31. The second-order valence-corrected chi connectivity index (χ2v) is 4.94. The van der Waals surface area contributed by atoms with Crippen molar-refractivity contribution in [3.05, 3.63) is 35.1 Å². The average molecular weight is 249 g/mol. The van der Waals surface area contributed by atoms with Gasteiger partial charge in [0.2, 0.25) is 0 Å². The third-order valence-electron chi connectivity index (χ3n) is 3.63. The molecule has 0 radical (unpaired) electrons. The third kappa shape index (κ3) is 3.07. The molecule has 1 aromatic carbocycles. The maximum atomic E-state index is 13.3. The molecule has 1 fully saturated rings. The van der Waals surface area contributed by atoms with Crippen LogP contribution in [0.15, 0.2) is 23.3 Å². The Labute approximate surface area is 107 Å². The Balaban J connectivity index is 2.18. The summed E-state index contributed by atoms with van der Waals surface area (Å²) in [5.74, 6) is 4.99. The molecule has 1 atom stereocenters. The molecular formula is C14H20FN3. The summed E-state index contributed by atoms with van der Waals surface area (Å²) in [6.07, 6.45) is 5.32. The number of likely N-dealkylation sites (tertiary alicyclic amines) is 1. The van der Waals surface area contributed by atoms with Gasteiger partial charge in [0.1, 0.15) is 5.82 Å². The van der Waals surface area contributed by atoms with Crippen LogP contribution < -0.4 is 5.84 Å². The normalized spacial score (nSPS) is 21.6. The highest BCUT2D eigenvalue weighted by molar-refractivity contribution is 5.81. The monoisotopic (exact) mass is 249 g/mol. The van der Waals surface area contributed by atoms with E-state index < -0.39 is 0 Å². The summed E-state index contributed by atoms with van der Waals surface area (Å²) in [7, 11) is 0. The van der Waals surface area contributed by atoms with E-state index in [0.29, 0.717) is 6.04 Å². The van der Waals surface area contributed by atoms with Crippen molar-refractivity contribution in [1.29, 1.82) is 0 Å². The van der Waals surface area contributed by atoms with Gasteiger partial charge in [-0.2, -0.15) is 5.10 Å².